The molecule has 5 nitrogen and oxygen atoms in total. The Kier molecular flexibility index (Phi) is 6.47. The Morgan fingerprint density at radius 1 is 1.41 bits per heavy atom. The Balaban J connectivity index is 2.74. The highest BCUT2D eigenvalue weighted by molar-refractivity contribution is 5.95. The normalized spacial score (nSPS) is 13.3. The molecule has 0 bridgehead atoms. The quantitative estimate of drug-likeness (QED) is 0.711. The van der Waals surface area contributed by atoms with Gasteiger partial charge in [0.15, 0.2) is 0 Å². The first-order valence-electron chi connectivity index (χ1n) is 7.21. The number of anilines is 1. The maximum Gasteiger partial charge on any atom is 0.241 e. The molecule has 0 fully saturated rings. The van der Waals surface area contributed by atoms with Crippen molar-refractivity contribution in [3.05, 3.63) is 29.6 Å². The number of likely N-dealkylation sites (N-methyl/N-ethyl adjacent to an activating group) is 1. The van der Waals surface area contributed by atoms with E-state index in [0.717, 1.165) is 5.56 Å². The van der Waals surface area contributed by atoms with Gasteiger partial charge in [0.1, 0.15) is 5.82 Å². The van der Waals surface area contributed by atoms with Gasteiger partial charge in [0, 0.05) is 17.6 Å². The number of hydrogen-bond donors (Lipinski definition) is 3. The Labute approximate surface area is 130 Å². The van der Waals surface area contributed by atoms with Crippen LogP contribution in [0.1, 0.15) is 19.4 Å². The van der Waals surface area contributed by atoms with E-state index in [2.05, 4.69) is 5.32 Å². The van der Waals surface area contributed by atoms with Crippen molar-refractivity contribution in [1.29, 1.82) is 0 Å². The molecule has 1 aromatic carbocycles. The van der Waals surface area contributed by atoms with Crippen LogP contribution in [0.2, 0.25) is 0 Å². The second-order valence-electron chi connectivity index (χ2n) is 6.17. The first-order chi connectivity index (χ1) is 10.2. The van der Waals surface area contributed by atoms with Gasteiger partial charge in [0.05, 0.1) is 19.3 Å². The number of aryl methyl sites for hydroxylation is 1. The summed E-state index contributed by atoms with van der Waals surface area (Å²) >= 11 is 0. The summed E-state index contributed by atoms with van der Waals surface area (Å²) < 4.78 is 13.3. The van der Waals surface area contributed by atoms with Crippen molar-refractivity contribution in [1.82, 2.24) is 4.90 Å². The summed E-state index contributed by atoms with van der Waals surface area (Å²) in [6.07, 6.45) is 0. The van der Waals surface area contributed by atoms with Crippen LogP contribution < -0.4 is 5.32 Å². The van der Waals surface area contributed by atoms with Gasteiger partial charge in [-0.25, -0.2) is 4.39 Å². The van der Waals surface area contributed by atoms with Crippen molar-refractivity contribution in [3.8, 4) is 0 Å². The van der Waals surface area contributed by atoms with Crippen LogP contribution in [0.15, 0.2) is 18.2 Å². The van der Waals surface area contributed by atoms with Gasteiger partial charge in [-0.15, -0.1) is 0 Å². The molecule has 0 aliphatic heterocycles. The minimum absolute atomic E-state index is 0.175. The van der Waals surface area contributed by atoms with E-state index in [1.807, 2.05) is 0 Å². The number of nitrogens with zero attached hydrogens (tertiary/aromatic N) is 1. The highest BCUT2D eigenvalue weighted by Gasteiger charge is 2.28. The molecule has 0 aromatic heterocycles. The van der Waals surface area contributed by atoms with E-state index in [9.17, 15) is 19.4 Å². The lowest BCUT2D eigenvalue weighted by Gasteiger charge is -2.33. The number of rotatable bonds is 7. The van der Waals surface area contributed by atoms with Crippen molar-refractivity contribution in [2.45, 2.75) is 26.8 Å². The lowest BCUT2D eigenvalue weighted by atomic mass is 9.92. The molecule has 0 spiro atoms. The number of halogens is 1. The van der Waals surface area contributed by atoms with Gasteiger partial charge in [-0.1, -0.05) is 13.0 Å². The van der Waals surface area contributed by atoms with E-state index in [0.29, 0.717) is 12.2 Å². The summed E-state index contributed by atoms with van der Waals surface area (Å²) in [5.74, 6) is -0.676. The molecule has 1 unspecified atom stereocenters. The van der Waals surface area contributed by atoms with Gasteiger partial charge in [-0.3, -0.25) is 9.69 Å². The summed E-state index contributed by atoms with van der Waals surface area (Å²) in [5.41, 5.74) is 0.537. The minimum atomic E-state index is -0.682. The van der Waals surface area contributed by atoms with Crippen LogP contribution in [0.3, 0.4) is 0 Å². The first-order valence-corrected chi connectivity index (χ1v) is 7.21. The molecule has 0 saturated carbocycles. The summed E-state index contributed by atoms with van der Waals surface area (Å²) in [4.78, 5) is 14.0. The zero-order valence-corrected chi connectivity index (χ0v) is 13.6. The monoisotopic (exact) mass is 312 g/mol. The molecule has 0 aliphatic rings. The topological polar surface area (TPSA) is 72.8 Å². The summed E-state index contributed by atoms with van der Waals surface area (Å²) in [6, 6.07) is 3.74. The molecular weight excluding hydrogens is 287 g/mol. The third-order valence-electron chi connectivity index (χ3n) is 3.89. The van der Waals surface area contributed by atoms with E-state index < -0.39 is 17.3 Å². The van der Waals surface area contributed by atoms with Crippen LogP contribution in [0.5, 0.6) is 0 Å². The lowest BCUT2D eigenvalue weighted by Crippen LogP contribution is -2.47. The standard InChI is InChI=1S/C16H25FN2O3/c1-11-5-6-13(17)7-14(11)18-15(22)12(2)19(4)8-16(3,9-20)10-21/h5-7,12,20-21H,8-10H2,1-4H3,(H,18,22). The summed E-state index contributed by atoms with van der Waals surface area (Å²) in [6.45, 7) is 5.26. The fourth-order valence-corrected chi connectivity index (χ4v) is 2.06. The minimum Gasteiger partial charge on any atom is -0.396 e. The lowest BCUT2D eigenvalue weighted by molar-refractivity contribution is -0.121. The molecule has 22 heavy (non-hydrogen) atoms. The zero-order chi connectivity index (χ0) is 16.9. The van der Waals surface area contributed by atoms with Gasteiger partial charge in [-0.05, 0) is 38.6 Å². The third-order valence-corrected chi connectivity index (χ3v) is 3.89. The maximum atomic E-state index is 13.3. The van der Waals surface area contributed by atoms with E-state index in [1.165, 1.54) is 12.1 Å². The number of benzene rings is 1. The number of carbonyl (C=O) groups excluding carboxylic acids is 1. The van der Waals surface area contributed by atoms with Crippen molar-refractivity contribution in [3.63, 3.8) is 0 Å². The van der Waals surface area contributed by atoms with E-state index >= 15 is 0 Å². The average Bonchev–Trinajstić information content (AvgIpc) is 2.49. The smallest absolute Gasteiger partial charge is 0.241 e. The first kappa shape index (κ1) is 18.5. The van der Waals surface area contributed by atoms with Crippen LogP contribution in [-0.2, 0) is 4.79 Å². The maximum absolute atomic E-state index is 13.3. The molecular formula is C16H25FN2O3. The molecule has 1 rings (SSSR count). The Hall–Kier alpha value is -1.50. The Bertz CT molecular complexity index is 518. The fourth-order valence-electron chi connectivity index (χ4n) is 2.06. The number of hydrogen-bond acceptors (Lipinski definition) is 4. The van der Waals surface area contributed by atoms with Crippen molar-refractivity contribution in [2.75, 3.05) is 32.1 Å². The molecule has 0 aliphatic carbocycles. The Morgan fingerprint density at radius 3 is 2.55 bits per heavy atom. The summed E-state index contributed by atoms with van der Waals surface area (Å²) in [5, 5.41) is 21.4. The van der Waals surface area contributed by atoms with Crippen LogP contribution in [0.4, 0.5) is 10.1 Å². The number of aliphatic hydroxyl groups excluding tert-OH is 2. The second kappa shape index (κ2) is 7.67. The summed E-state index contributed by atoms with van der Waals surface area (Å²) in [7, 11) is 1.74. The molecule has 6 heteroatoms. The molecule has 1 atom stereocenters. The number of aliphatic hydroxyl groups is 2. The molecule has 1 aromatic rings. The van der Waals surface area contributed by atoms with Crippen molar-refractivity contribution >= 4 is 11.6 Å². The van der Waals surface area contributed by atoms with Crippen LogP contribution in [-0.4, -0.2) is 53.9 Å². The van der Waals surface area contributed by atoms with Gasteiger partial charge in [0.2, 0.25) is 5.91 Å². The van der Waals surface area contributed by atoms with Crippen LogP contribution in [0.25, 0.3) is 0 Å². The molecule has 0 heterocycles. The van der Waals surface area contributed by atoms with Gasteiger partial charge in [-0.2, -0.15) is 0 Å². The van der Waals surface area contributed by atoms with E-state index in [1.54, 1.807) is 38.8 Å². The molecule has 1 amide bonds. The van der Waals surface area contributed by atoms with Gasteiger partial charge >= 0.3 is 0 Å². The SMILES string of the molecule is Cc1ccc(F)cc1NC(=O)C(C)N(C)CC(C)(CO)CO. The van der Waals surface area contributed by atoms with Crippen molar-refractivity contribution < 1.29 is 19.4 Å². The van der Waals surface area contributed by atoms with Crippen molar-refractivity contribution in [2.24, 2.45) is 5.41 Å². The molecule has 0 radical (unpaired) electrons. The average molecular weight is 312 g/mol. The predicted octanol–water partition coefficient (Wildman–Crippen LogP) is 1.38. The van der Waals surface area contributed by atoms with Crippen LogP contribution >= 0.6 is 0 Å². The molecule has 124 valence electrons. The number of carbonyl (C=O) groups is 1. The van der Waals surface area contributed by atoms with Gasteiger partial charge < -0.3 is 15.5 Å². The van der Waals surface area contributed by atoms with E-state index in [-0.39, 0.29) is 19.1 Å². The van der Waals surface area contributed by atoms with Crippen LogP contribution in [0, 0.1) is 18.2 Å². The largest absolute Gasteiger partial charge is 0.396 e. The Morgan fingerprint density at radius 2 is 2.00 bits per heavy atom. The second-order valence-corrected chi connectivity index (χ2v) is 6.17. The molecule has 0 saturated heterocycles. The highest BCUT2D eigenvalue weighted by atomic mass is 19.1. The number of nitrogens with one attached hydrogen (secondary N) is 1. The fraction of sp³-hybridized carbons (Fsp3) is 0.562. The predicted molar refractivity (Wildman–Crippen MR) is 84.1 cm³/mol. The van der Waals surface area contributed by atoms with E-state index in [4.69, 9.17) is 0 Å². The number of amides is 1. The zero-order valence-electron chi connectivity index (χ0n) is 13.6. The highest BCUT2D eigenvalue weighted by Crippen LogP contribution is 2.19. The third kappa shape index (κ3) is 4.76. The van der Waals surface area contributed by atoms with Gasteiger partial charge in [0.25, 0.3) is 0 Å². The molecule has 3 N–H and O–H groups in total.